The first-order valence-electron chi connectivity index (χ1n) is 9.12. The third kappa shape index (κ3) is 7.00. The highest BCUT2D eigenvalue weighted by Gasteiger charge is 2.24. The number of carbonyl (C=O) groups is 1. The summed E-state index contributed by atoms with van der Waals surface area (Å²) in [7, 11) is 1.70. The van der Waals surface area contributed by atoms with Crippen LogP contribution in [0.25, 0.3) is 0 Å². The fourth-order valence-corrected chi connectivity index (χ4v) is 3.28. The van der Waals surface area contributed by atoms with Crippen LogP contribution in [0.1, 0.15) is 45.7 Å². The van der Waals surface area contributed by atoms with Crippen molar-refractivity contribution >= 4 is 6.03 Å². The molecule has 0 radical (unpaired) electrons. The Labute approximate surface area is 151 Å². The highest BCUT2D eigenvalue weighted by atomic mass is 16.5. The van der Waals surface area contributed by atoms with Crippen molar-refractivity contribution < 1.29 is 9.53 Å². The largest absolute Gasteiger partial charge is 0.379 e. The Balaban J connectivity index is 1.68. The summed E-state index contributed by atoms with van der Waals surface area (Å²) in [6.07, 6.45) is 4.55. The highest BCUT2D eigenvalue weighted by Crippen LogP contribution is 2.16. The van der Waals surface area contributed by atoms with E-state index < -0.39 is 0 Å². The average Bonchev–Trinajstić information content (AvgIpc) is 2.57. The number of ether oxygens (including phenoxy) is 1. The first-order chi connectivity index (χ1) is 11.9. The van der Waals surface area contributed by atoms with E-state index in [1.54, 1.807) is 7.11 Å². The molecule has 1 aromatic heterocycles. The Kier molecular flexibility index (Phi) is 7.20. The number of hydrogen-bond donors (Lipinski definition) is 2. The highest BCUT2D eigenvalue weighted by molar-refractivity contribution is 5.74. The standard InChI is InChI=1S/C19H32N4O2/c1-15(13-19(2,3)25-4)21-18(24)22-16-8-11-23(12-9-16)14-17-7-5-6-10-20-17/h5-7,10,15-16H,8-9,11-14H2,1-4H3,(H2,21,22,24)/t15-/m0/s1. The summed E-state index contributed by atoms with van der Waals surface area (Å²) in [5, 5.41) is 6.12. The molecule has 1 aliphatic heterocycles. The summed E-state index contributed by atoms with van der Waals surface area (Å²) in [4.78, 5) is 19.0. The molecule has 140 valence electrons. The molecule has 0 saturated carbocycles. The van der Waals surface area contributed by atoms with E-state index in [9.17, 15) is 4.79 Å². The van der Waals surface area contributed by atoms with Crippen LogP contribution in [0.15, 0.2) is 24.4 Å². The third-order valence-electron chi connectivity index (χ3n) is 4.76. The van der Waals surface area contributed by atoms with Crippen LogP contribution in [0.2, 0.25) is 0 Å². The lowest BCUT2D eigenvalue weighted by atomic mass is 10.00. The molecule has 6 heteroatoms. The van der Waals surface area contributed by atoms with Gasteiger partial charge in [-0.2, -0.15) is 0 Å². The molecule has 2 heterocycles. The Morgan fingerprint density at radius 3 is 2.72 bits per heavy atom. The Hall–Kier alpha value is -1.66. The number of rotatable bonds is 7. The number of pyridine rings is 1. The summed E-state index contributed by atoms with van der Waals surface area (Å²) in [5.74, 6) is 0. The van der Waals surface area contributed by atoms with E-state index >= 15 is 0 Å². The summed E-state index contributed by atoms with van der Waals surface area (Å²) < 4.78 is 5.42. The third-order valence-corrected chi connectivity index (χ3v) is 4.76. The van der Waals surface area contributed by atoms with Crippen LogP contribution in [-0.2, 0) is 11.3 Å². The maximum absolute atomic E-state index is 12.2. The van der Waals surface area contributed by atoms with Crippen molar-refractivity contribution in [2.75, 3.05) is 20.2 Å². The second-order valence-corrected chi connectivity index (χ2v) is 7.56. The first kappa shape index (κ1) is 19.7. The normalized spacial score (nSPS) is 17.9. The van der Waals surface area contributed by atoms with Gasteiger partial charge in [0.2, 0.25) is 0 Å². The number of nitrogens with zero attached hydrogens (tertiary/aromatic N) is 2. The smallest absolute Gasteiger partial charge is 0.315 e. The minimum absolute atomic E-state index is 0.0687. The molecule has 1 atom stereocenters. The molecule has 2 rings (SSSR count). The minimum Gasteiger partial charge on any atom is -0.379 e. The predicted molar refractivity (Wildman–Crippen MR) is 99.4 cm³/mol. The van der Waals surface area contributed by atoms with Gasteiger partial charge in [-0.15, -0.1) is 0 Å². The fourth-order valence-electron chi connectivity index (χ4n) is 3.28. The van der Waals surface area contributed by atoms with Crippen LogP contribution in [0.4, 0.5) is 4.79 Å². The van der Waals surface area contributed by atoms with Crippen molar-refractivity contribution in [2.45, 2.75) is 64.3 Å². The Morgan fingerprint density at radius 1 is 1.40 bits per heavy atom. The van der Waals surface area contributed by atoms with E-state index in [4.69, 9.17) is 4.74 Å². The molecule has 0 aliphatic carbocycles. The molecular weight excluding hydrogens is 316 g/mol. The van der Waals surface area contributed by atoms with Gasteiger partial charge < -0.3 is 15.4 Å². The second kappa shape index (κ2) is 9.15. The van der Waals surface area contributed by atoms with Crippen LogP contribution < -0.4 is 10.6 Å². The molecule has 1 saturated heterocycles. The van der Waals surface area contributed by atoms with Crippen molar-refractivity contribution in [1.29, 1.82) is 0 Å². The lowest BCUT2D eigenvalue weighted by Gasteiger charge is -2.32. The number of piperidine rings is 1. The van der Waals surface area contributed by atoms with Crippen LogP contribution in [0, 0.1) is 0 Å². The molecule has 0 bridgehead atoms. The monoisotopic (exact) mass is 348 g/mol. The average molecular weight is 348 g/mol. The SMILES string of the molecule is COC(C)(C)C[C@H](C)NC(=O)NC1CCN(Cc2ccccn2)CC1. The van der Waals surface area contributed by atoms with Gasteiger partial charge in [-0.25, -0.2) is 4.79 Å². The van der Waals surface area contributed by atoms with Crippen molar-refractivity contribution in [3.05, 3.63) is 30.1 Å². The lowest BCUT2D eigenvalue weighted by Crippen LogP contribution is -2.50. The Morgan fingerprint density at radius 2 is 2.12 bits per heavy atom. The number of nitrogens with one attached hydrogen (secondary N) is 2. The zero-order valence-corrected chi connectivity index (χ0v) is 15.9. The first-order valence-corrected chi connectivity index (χ1v) is 9.12. The number of likely N-dealkylation sites (tertiary alicyclic amines) is 1. The Bertz CT molecular complexity index is 527. The molecule has 25 heavy (non-hydrogen) atoms. The van der Waals surface area contributed by atoms with Gasteiger partial charge in [0.25, 0.3) is 0 Å². The van der Waals surface area contributed by atoms with Crippen molar-refractivity contribution in [3.8, 4) is 0 Å². The molecule has 0 spiro atoms. The fraction of sp³-hybridized carbons (Fsp3) is 0.684. The zero-order valence-electron chi connectivity index (χ0n) is 15.9. The number of urea groups is 1. The van der Waals surface area contributed by atoms with Crippen molar-refractivity contribution in [1.82, 2.24) is 20.5 Å². The van der Waals surface area contributed by atoms with E-state index in [0.717, 1.165) is 44.6 Å². The maximum atomic E-state index is 12.2. The number of methoxy groups -OCH3 is 1. The van der Waals surface area contributed by atoms with Gasteiger partial charge in [0.1, 0.15) is 0 Å². The number of amides is 2. The van der Waals surface area contributed by atoms with E-state index in [-0.39, 0.29) is 23.7 Å². The van der Waals surface area contributed by atoms with Gasteiger partial charge in [0, 0.05) is 45.0 Å². The van der Waals surface area contributed by atoms with Gasteiger partial charge in [-0.3, -0.25) is 9.88 Å². The number of hydrogen-bond acceptors (Lipinski definition) is 4. The van der Waals surface area contributed by atoms with Crippen LogP contribution in [0.3, 0.4) is 0 Å². The summed E-state index contributed by atoms with van der Waals surface area (Å²) >= 11 is 0. The van der Waals surface area contributed by atoms with Crippen molar-refractivity contribution in [2.24, 2.45) is 0 Å². The van der Waals surface area contributed by atoms with E-state index in [1.165, 1.54) is 0 Å². The topological polar surface area (TPSA) is 66.5 Å². The lowest BCUT2D eigenvalue weighted by molar-refractivity contribution is 0.00946. The van der Waals surface area contributed by atoms with E-state index in [2.05, 4.69) is 26.6 Å². The van der Waals surface area contributed by atoms with E-state index in [0.29, 0.717) is 0 Å². The van der Waals surface area contributed by atoms with Crippen molar-refractivity contribution in [3.63, 3.8) is 0 Å². The summed E-state index contributed by atoms with van der Waals surface area (Å²) in [6, 6.07) is 6.24. The summed E-state index contributed by atoms with van der Waals surface area (Å²) in [5.41, 5.74) is 0.866. The van der Waals surface area contributed by atoms with Crippen LogP contribution in [-0.4, -0.2) is 53.8 Å². The molecule has 2 N–H and O–H groups in total. The zero-order chi connectivity index (χ0) is 18.3. The molecule has 6 nitrogen and oxygen atoms in total. The minimum atomic E-state index is -0.233. The molecule has 1 aromatic rings. The molecule has 1 aliphatic rings. The molecule has 2 amide bonds. The van der Waals surface area contributed by atoms with Gasteiger partial charge in [0.05, 0.1) is 11.3 Å². The molecule has 1 fully saturated rings. The maximum Gasteiger partial charge on any atom is 0.315 e. The van der Waals surface area contributed by atoms with Crippen LogP contribution in [0.5, 0.6) is 0 Å². The van der Waals surface area contributed by atoms with Gasteiger partial charge in [0.15, 0.2) is 0 Å². The van der Waals surface area contributed by atoms with Gasteiger partial charge in [-0.05, 0) is 52.2 Å². The van der Waals surface area contributed by atoms with E-state index in [1.807, 2.05) is 39.1 Å². The quantitative estimate of drug-likeness (QED) is 0.795. The molecule has 0 aromatic carbocycles. The van der Waals surface area contributed by atoms with Gasteiger partial charge >= 0.3 is 6.03 Å². The van der Waals surface area contributed by atoms with Gasteiger partial charge in [-0.1, -0.05) is 6.07 Å². The predicted octanol–water partition coefficient (Wildman–Crippen LogP) is 2.55. The molecular formula is C19H32N4O2. The number of aromatic nitrogens is 1. The number of carbonyl (C=O) groups excluding carboxylic acids is 1. The molecule has 0 unspecified atom stereocenters. The second-order valence-electron chi connectivity index (χ2n) is 7.56. The summed E-state index contributed by atoms with van der Waals surface area (Å²) in [6.45, 7) is 8.90. The van der Waals surface area contributed by atoms with Crippen LogP contribution >= 0.6 is 0 Å².